The summed E-state index contributed by atoms with van der Waals surface area (Å²) >= 11 is 0. The molecule has 0 unspecified atom stereocenters. The first-order valence-corrected chi connectivity index (χ1v) is 6.75. The first-order chi connectivity index (χ1) is 8.07. The summed E-state index contributed by atoms with van der Waals surface area (Å²) in [6.07, 6.45) is 0.597. The van der Waals surface area contributed by atoms with E-state index in [0.717, 1.165) is 22.3 Å². The number of sulfonamides is 1. The average molecular weight is 244 g/mol. The molecule has 0 saturated carbocycles. The van der Waals surface area contributed by atoms with Gasteiger partial charge in [-0.25, -0.2) is 8.42 Å². The third kappa shape index (κ3) is 1.57. The summed E-state index contributed by atoms with van der Waals surface area (Å²) in [5, 5.41) is 7.22. The van der Waals surface area contributed by atoms with E-state index >= 15 is 0 Å². The SMILES string of the molecule is [NH]S(=O)(=O)c1cccc2c1Cc1ccccc1-2. The van der Waals surface area contributed by atoms with Crippen molar-refractivity contribution in [3.63, 3.8) is 0 Å². The van der Waals surface area contributed by atoms with Gasteiger partial charge in [0.25, 0.3) is 10.0 Å². The van der Waals surface area contributed by atoms with Gasteiger partial charge in [0.05, 0.1) is 4.90 Å². The normalized spacial score (nSPS) is 13.2. The molecule has 0 amide bonds. The Morgan fingerprint density at radius 2 is 1.65 bits per heavy atom. The zero-order valence-corrected chi connectivity index (χ0v) is 9.79. The van der Waals surface area contributed by atoms with Crippen LogP contribution in [0.5, 0.6) is 0 Å². The van der Waals surface area contributed by atoms with Gasteiger partial charge in [0.2, 0.25) is 0 Å². The van der Waals surface area contributed by atoms with Crippen LogP contribution in [-0.2, 0) is 16.4 Å². The first-order valence-electron chi connectivity index (χ1n) is 5.27. The molecular weight excluding hydrogens is 234 g/mol. The van der Waals surface area contributed by atoms with Crippen molar-refractivity contribution in [1.29, 1.82) is 0 Å². The largest absolute Gasteiger partial charge is 0.254 e. The van der Waals surface area contributed by atoms with Gasteiger partial charge in [0.1, 0.15) is 0 Å². The first kappa shape index (κ1) is 10.5. The second kappa shape index (κ2) is 3.42. The molecule has 1 aliphatic carbocycles. The Morgan fingerprint density at radius 3 is 2.41 bits per heavy atom. The maximum Gasteiger partial charge on any atom is 0.254 e. The van der Waals surface area contributed by atoms with Crippen molar-refractivity contribution in [2.24, 2.45) is 0 Å². The Kier molecular flexibility index (Phi) is 2.11. The third-order valence-electron chi connectivity index (χ3n) is 3.10. The fourth-order valence-electron chi connectivity index (χ4n) is 2.38. The summed E-state index contributed by atoms with van der Waals surface area (Å²) in [5.41, 5.74) is 3.89. The Hall–Kier alpha value is -1.65. The Balaban J connectivity index is 2.32. The number of rotatable bonds is 1. The summed E-state index contributed by atoms with van der Waals surface area (Å²) < 4.78 is 22.8. The molecule has 0 saturated heterocycles. The topological polar surface area (TPSA) is 57.9 Å². The Labute approximate surface area is 99.9 Å². The summed E-state index contributed by atoms with van der Waals surface area (Å²) in [7, 11) is -3.90. The van der Waals surface area contributed by atoms with E-state index in [0.29, 0.717) is 6.42 Å². The van der Waals surface area contributed by atoms with Gasteiger partial charge < -0.3 is 0 Å². The standard InChI is InChI=1S/C13H10NO2S/c14-17(15,16)13-7-3-6-11-10-5-2-1-4-9(10)8-12(11)13/h1-7,14H,8H2. The van der Waals surface area contributed by atoms with E-state index in [-0.39, 0.29) is 4.90 Å². The fourth-order valence-corrected chi connectivity index (χ4v) is 3.14. The molecule has 85 valence electrons. The van der Waals surface area contributed by atoms with E-state index in [2.05, 4.69) is 0 Å². The highest BCUT2D eigenvalue weighted by Gasteiger charge is 2.24. The lowest BCUT2D eigenvalue weighted by atomic mass is 10.1. The minimum atomic E-state index is -3.90. The highest BCUT2D eigenvalue weighted by atomic mass is 32.2. The average Bonchev–Trinajstić information content (AvgIpc) is 2.65. The molecule has 0 spiro atoms. The van der Waals surface area contributed by atoms with Crippen LogP contribution in [0.25, 0.3) is 11.1 Å². The molecule has 1 radical (unpaired) electrons. The number of hydrogen-bond donors (Lipinski definition) is 0. The molecule has 0 heterocycles. The smallest absolute Gasteiger partial charge is 0.206 e. The molecule has 3 rings (SSSR count). The molecule has 0 aliphatic heterocycles. The van der Waals surface area contributed by atoms with E-state index in [1.807, 2.05) is 30.3 Å². The van der Waals surface area contributed by atoms with Crippen molar-refractivity contribution < 1.29 is 8.42 Å². The van der Waals surface area contributed by atoms with Crippen LogP contribution in [0.4, 0.5) is 0 Å². The quantitative estimate of drug-likeness (QED) is 0.659. The summed E-state index contributed by atoms with van der Waals surface area (Å²) in [6.45, 7) is 0. The number of hydrogen-bond acceptors (Lipinski definition) is 2. The zero-order valence-electron chi connectivity index (χ0n) is 8.97. The molecule has 17 heavy (non-hydrogen) atoms. The van der Waals surface area contributed by atoms with Gasteiger partial charge >= 0.3 is 0 Å². The predicted molar refractivity (Wildman–Crippen MR) is 65.0 cm³/mol. The van der Waals surface area contributed by atoms with Gasteiger partial charge in [-0.05, 0) is 28.3 Å². The van der Waals surface area contributed by atoms with E-state index in [4.69, 9.17) is 5.14 Å². The second-order valence-corrected chi connectivity index (χ2v) is 5.57. The van der Waals surface area contributed by atoms with Crippen molar-refractivity contribution in [2.75, 3.05) is 0 Å². The zero-order chi connectivity index (χ0) is 12.0. The van der Waals surface area contributed by atoms with Crippen molar-refractivity contribution in [3.05, 3.63) is 53.6 Å². The molecule has 1 N–H and O–H groups in total. The number of nitrogens with one attached hydrogen (secondary N) is 1. The number of benzene rings is 2. The maximum atomic E-state index is 11.4. The molecular formula is C13H10NO2S. The molecule has 2 aromatic rings. The van der Waals surface area contributed by atoms with Gasteiger partial charge in [-0.1, -0.05) is 36.4 Å². The minimum Gasteiger partial charge on any atom is -0.206 e. The molecule has 0 fully saturated rings. The highest BCUT2D eigenvalue weighted by Crippen LogP contribution is 2.39. The van der Waals surface area contributed by atoms with Crippen LogP contribution in [0.15, 0.2) is 47.4 Å². The van der Waals surface area contributed by atoms with Crippen LogP contribution in [0, 0.1) is 0 Å². The van der Waals surface area contributed by atoms with Gasteiger partial charge in [-0.3, -0.25) is 0 Å². The van der Waals surface area contributed by atoms with E-state index in [1.54, 1.807) is 6.07 Å². The summed E-state index contributed by atoms with van der Waals surface area (Å²) in [5.74, 6) is 0. The van der Waals surface area contributed by atoms with Crippen LogP contribution >= 0.6 is 0 Å². The lowest BCUT2D eigenvalue weighted by molar-refractivity contribution is 0.595. The second-order valence-electron chi connectivity index (χ2n) is 4.12. The van der Waals surface area contributed by atoms with E-state index in [9.17, 15) is 8.42 Å². The molecule has 1 aliphatic rings. The molecule has 0 bridgehead atoms. The third-order valence-corrected chi connectivity index (χ3v) is 4.06. The van der Waals surface area contributed by atoms with Crippen LogP contribution in [0.1, 0.15) is 11.1 Å². The fraction of sp³-hybridized carbons (Fsp3) is 0.0769. The summed E-state index contributed by atoms with van der Waals surface area (Å²) in [6, 6.07) is 13.0. The van der Waals surface area contributed by atoms with Crippen LogP contribution in [-0.4, -0.2) is 8.42 Å². The van der Waals surface area contributed by atoms with Gasteiger partial charge in [0, 0.05) is 6.42 Å². The van der Waals surface area contributed by atoms with Gasteiger partial charge in [-0.2, -0.15) is 0 Å². The van der Waals surface area contributed by atoms with Crippen LogP contribution < -0.4 is 5.14 Å². The van der Waals surface area contributed by atoms with Gasteiger partial charge in [0.15, 0.2) is 0 Å². The van der Waals surface area contributed by atoms with E-state index in [1.165, 1.54) is 6.07 Å². The molecule has 2 aromatic carbocycles. The lowest BCUT2D eigenvalue weighted by Gasteiger charge is -2.05. The molecule has 4 heteroatoms. The van der Waals surface area contributed by atoms with Crippen molar-refractivity contribution >= 4 is 10.0 Å². The Bertz CT molecular complexity index is 705. The maximum absolute atomic E-state index is 11.4. The predicted octanol–water partition coefficient (Wildman–Crippen LogP) is 2.23. The molecule has 0 atom stereocenters. The highest BCUT2D eigenvalue weighted by molar-refractivity contribution is 7.88. The molecule has 0 aromatic heterocycles. The van der Waals surface area contributed by atoms with E-state index < -0.39 is 10.0 Å². The van der Waals surface area contributed by atoms with Crippen LogP contribution in [0.3, 0.4) is 0 Å². The Morgan fingerprint density at radius 1 is 0.941 bits per heavy atom. The van der Waals surface area contributed by atoms with Crippen molar-refractivity contribution in [1.82, 2.24) is 5.14 Å². The minimum absolute atomic E-state index is 0.131. The summed E-state index contributed by atoms with van der Waals surface area (Å²) in [4.78, 5) is 0.131. The lowest BCUT2D eigenvalue weighted by Crippen LogP contribution is -2.04. The monoisotopic (exact) mass is 244 g/mol. The number of fused-ring (bicyclic) bond motifs is 3. The van der Waals surface area contributed by atoms with Crippen LogP contribution in [0.2, 0.25) is 0 Å². The van der Waals surface area contributed by atoms with Crippen molar-refractivity contribution in [3.8, 4) is 11.1 Å². The van der Waals surface area contributed by atoms with Gasteiger partial charge in [-0.15, -0.1) is 5.14 Å². The molecule has 3 nitrogen and oxygen atoms in total. The van der Waals surface area contributed by atoms with Crippen molar-refractivity contribution in [2.45, 2.75) is 11.3 Å².